The monoisotopic (exact) mass is 280 g/mol. The van der Waals surface area contributed by atoms with Crippen LogP contribution in [0.4, 0.5) is 5.82 Å². The van der Waals surface area contributed by atoms with E-state index in [0.29, 0.717) is 16.9 Å². The maximum atomic E-state index is 5.97. The quantitative estimate of drug-likeness (QED) is 0.489. The maximum absolute atomic E-state index is 5.97. The predicted octanol–water partition coefficient (Wildman–Crippen LogP) is 2.88. The van der Waals surface area contributed by atoms with Gasteiger partial charge in [0.25, 0.3) is 0 Å². The minimum absolute atomic E-state index is 0.456. The van der Waals surface area contributed by atoms with E-state index in [-0.39, 0.29) is 0 Å². The Morgan fingerprint density at radius 3 is 2.83 bits per heavy atom. The van der Waals surface area contributed by atoms with Crippen LogP contribution in [0.5, 0.6) is 0 Å². The zero-order valence-electron chi connectivity index (χ0n) is 10.2. The summed E-state index contributed by atoms with van der Waals surface area (Å²) in [5.41, 5.74) is 0.987. The van der Waals surface area contributed by atoms with Gasteiger partial charge in [-0.3, -0.25) is 4.98 Å². The van der Waals surface area contributed by atoms with Crippen molar-refractivity contribution in [2.24, 2.45) is 0 Å². The fourth-order valence-electron chi connectivity index (χ4n) is 1.49. The number of rotatable bonds is 4. The van der Waals surface area contributed by atoms with Gasteiger partial charge in [-0.05, 0) is 18.4 Å². The molecule has 18 heavy (non-hydrogen) atoms. The van der Waals surface area contributed by atoms with Crippen LogP contribution in [0, 0.1) is 0 Å². The van der Waals surface area contributed by atoms with Crippen molar-refractivity contribution in [1.29, 1.82) is 0 Å². The molecule has 0 radical (unpaired) electrons. The Hall–Kier alpha value is -1.33. The molecule has 0 saturated carbocycles. The molecule has 0 atom stereocenters. The molecule has 0 fully saturated rings. The average molecular weight is 281 g/mol. The van der Waals surface area contributed by atoms with Gasteiger partial charge in [-0.15, -0.1) is 0 Å². The van der Waals surface area contributed by atoms with Gasteiger partial charge in [-0.2, -0.15) is 0 Å². The lowest BCUT2D eigenvalue weighted by molar-refractivity contribution is 0.837. The molecule has 4 nitrogen and oxygen atoms in total. The summed E-state index contributed by atoms with van der Waals surface area (Å²) in [5, 5.41) is 1.13. The van der Waals surface area contributed by atoms with Crippen LogP contribution in [0.1, 0.15) is 5.69 Å². The fraction of sp³-hybridized carbons (Fsp3) is 0.250. The van der Waals surface area contributed by atoms with Gasteiger partial charge in [0, 0.05) is 19.3 Å². The zero-order valence-corrected chi connectivity index (χ0v) is 11.7. The summed E-state index contributed by atoms with van der Waals surface area (Å²) in [4.78, 5) is 14.8. The van der Waals surface area contributed by atoms with E-state index in [1.807, 2.05) is 36.4 Å². The van der Waals surface area contributed by atoms with E-state index in [1.165, 1.54) is 11.8 Å². The van der Waals surface area contributed by atoms with Crippen LogP contribution in [0.25, 0.3) is 0 Å². The second-order valence-corrected chi connectivity index (χ2v) is 4.87. The summed E-state index contributed by atoms with van der Waals surface area (Å²) in [5.74, 6) is 0.796. The summed E-state index contributed by atoms with van der Waals surface area (Å²) >= 11 is 7.44. The average Bonchev–Trinajstić information content (AvgIpc) is 2.39. The SMILES string of the molecule is CSc1nc(Cl)cc(N(C)Cc2ccccn2)n1. The Balaban J connectivity index is 2.18. The van der Waals surface area contributed by atoms with Gasteiger partial charge in [0.05, 0.1) is 12.2 Å². The van der Waals surface area contributed by atoms with Crippen LogP contribution < -0.4 is 4.90 Å². The predicted molar refractivity (Wildman–Crippen MR) is 75.2 cm³/mol. The van der Waals surface area contributed by atoms with Crippen molar-refractivity contribution < 1.29 is 0 Å². The summed E-state index contributed by atoms with van der Waals surface area (Å²) < 4.78 is 0. The number of pyridine rings is 1. The van der Waals surface area contributed by atoms with Gasteiger partial charge in [-0.25, -0.2) is 9.97 Å². The second kappa shape index (κ2) is 6.02. The lowest BCUT2D eigenvalue weighted by Gasteiger charge is -2.18. The molecule has 0 aliphatic rings. The van der Waals surface area contributed by atoms with Crippen LogP contribution in [0.3, 0.4) is 0 Å². The van der Waals surface area contributed by atoms with Crippen molar-refractivity contribution in [3.05, 3.63) is 41.3 Å². The van der Waals surface area contributed by atoms with Gasteiger partial charge in [0.2, 0.25) is 0 Å². The molecule has 0 aliphatic carbocycles. The molecule has 2 aromatic heterocycles. The molecule has 0 spiro atoms. The smallest absolute Gasteiger partial charge is 0.190 e. The van der Waals surface area contributed by atoms with Crippen molar-refractivity contribution in [3.8, 4) is 0 Å². The second-order valence-electron chi connectivity index (χ2n) is 3.71. The molecular formula is C12H13ClN4S. The first-order valence-corrected chi connectivity index (χ1v) is 6.99. The number of hydrogen-bond acceptors (Lipinski definition) is 5. The molecule has 6 heteroatoms. The van der Waals surface area contributed by atoms with Gasteiger partial charge in [-0.1, -0.05) is 29.4 Å². The topological polar surface area (TPSA) is 41.9 Å². The Morgan fingerprint density at radius 2 is 2.17 bits per heavy atom. The highest BCUT2D eigenvalue weighted by atomic mass is 35.5. The number of thioether (sulfide) groups is 1. The van der Waals surface area contributed by atoms with E-state index in [4.69, 9.17) is 11.6 Å². The standard InChI is InChI=1S/C12H13ClN4S/c1-17(8-9-5-3-4-6-14-9)11-7-10(13)15-12(16-11)18-2/h3-7H,8H2,1-2H3. The van der Waals surface area contributed by atoms with Crippen LogP contribution >= 0.6 is 23.4 Å². The van der Waals surface area contributed by atoms with Gasteiger partial charge >= 0.3 is 0 Å². The molecule has 2 heterocycles. The minimum atomic E-state index is 0.456. The highest BCUT2D eigenvalue weighted by molar-refractivity contribution is 7.98. The van der Waals surface area contributed by atoms with Crippen molar-refractivity contribution in [2.75, 3.05) is 18.2 Å². The fourth-order valence-corrected chi connectivity index (χ4v) is 2.09. The molecule has 0 unspecified atom stereocenters. The lowest BCUT2D eigenvalue weighted by atomic mass is 10.3. The number of nitrogens with zero attached hydrogens (tertiary/aromatic N) is 4. The van der Waals surface area contributed by atoms with Crippen LogP contribution in [-0.4, -0.2) is 28.3 Å². The van der Waals surface area contributed by atoms with Gasteiger partial charge in [0.15, 0.2) is 5.16 Å². The first-order chi connectivity index (χ1) is 8.69. The maximum Gasteiger partial charge on any atom is 0.190 e. The minimum Gasteiger partial charge on any atom is -0.354 e. The third kappa shape index (κ3) is 3.34. The van der Waals surface area contributed by atoms with Crippen molar-refractivity contribution >= 4 is 29.2 Å². The van der Waals surface area contributed by atoms with E-state index in [2.05, 4.69) is 15.0 Å². The first kappa shape index (κ1) is 13.1. The van der Waals surface area contributed by atoms with Gasteiger partial charge in [0.1, 0.15) is 11.0 Å². The number of halogens is 1. The Morgan fingerprint density at radius 1 is 1.33 bits per heavy atom. The third-order valence-corrected chi connectivity index (χ3v) is 3.10. The zero-order chi connectivity index (χ0) is 13.0. The van der Waals surface area contributed by atoms with E-state index >= 15 is 0 Å². The Labute approximate surface area is 115 Å². The molecule has 2 aromatic rings. The molecule has 0 aliphatic heterocycles. The molecule has 2 rings (SSSR count). The molecule has 0 N–H and O–H groups in total. The molecule has 0 bridgehead atoms. The number of hydrogen-bond donors (Lipinski definition) is 0. The van der Waals surface area contributed by atoms with Crippen LogP contribution in [0.2, 0.25) is 5.15 Å². The largest absolute Gasteiger partial charge is 0.354 e. The van der Waals surface area contributed by atoms with E-state index in [0.717, 1.165) is 11.5 Å². The number of anilines is 1. The number of aromatic nitrogens is 3. The molecular weight excluding hydrogens is 268 g/mol. The molecule has 94 valence electrons. The van der Waals surface area contributed by atoms with E-state index in [1.54, 1.807) is 12.3 Å². The summed E-state index contributed by atoms with van der Waals surface area (Å²) in [6.45, 7) is 0.683. The van der Waals surface area contributed by atoms with E-state index < -0.39 is 0 Å². The first-order valence-electron chi connectivity index (χ1n) is 5.38. The van der Waals surface area contributed by atoms with Crippen molar-refractivity contribution in [2.45, 2.75) is 11.7 Å². The van der Waals surface area contributed by atoms with E-state index in [9.17, 15) is 0 Å². The third-order valence-electron chi connectivity index (χ3n) is 2.36. The highest BCUT2D eigenvalue weighted by Gasteiger charge is 2.08. The lowest BCUT2D eigenvalue weighted by Crippen LogP contribution is -2.18. The van der Waals surface area contributed by atoms with Crippen LogP contribution in [-0.2, 0) is 6.54 Å². The summed E-state index contributed by atoms with van der Waals surface area (Å²) in [6, 6.07) is 7.60. The van der Waals surface area contributed by atoms with Crippen molar-refractivity contribution in [3.63, 3.8) is 0 Å². The van der Waals surface area contributed by atoms with Gasteiger partial charge < -0.3 is 4.90 Å². The van der Waals surface area contributed by atoms with Crippen LogP contribution in [0.15, 0.2) is 35.6 Å². The highest BCUT2D eigenvalue weighted by Crippen LogP contribution is 2.20. The Kier molecular flexibility index (Phi) is 4.38. The normalized spacial score (nSPS) is 10.4. The molecule has 0 aromatic carbocycles. The summed E-state index contributed by atoms with van der Waals surface area (Å²) in [6.07, 6.45) is 3.71. The molecule has 0 saturated heterocycles. The van der Waals surface area contributed by atoms with Crippen molar-refractivity contribution in [1.82, 2.24) is 15.0 Å². The summed E-state index contributed by atoms with van der Waals surface area (Å²) in [7, 11) is 1.96. The molecule has 0 amide bonds. The Bertz CT molecular complexity index is 521.